The molecular formula is C13H25N3OS. The molecule has 0 radical (unpaired) electrons. The SMILES string of the molecule is COCC(C)Nc1nc(C)cn1CC(C)CSC. The number of nitrogens with zero attached hydrogens (tertiary/aromatic N) is 2. The van der Waals surface area contributed by atoms with E-state index in [0.717, 1.165) is 18.2 Å². The predicted octanol–water partition coefficient (Wildman–Crippen LogP) is 2.64. The van der Waals surface area contributed by atoms with Crippen LogP contribution in [0.4, 0.5) is 5.95 Å². The van der Waals surface area contributed by atoms with Gasteiger partial charge >= 0.3 is 0 Å². The molecule has 0 aliphatic heterocycles. The quantitative estimate of drug-likeness (QED) is 0.789. The Kier molecular flexibility index (Phi) is 6.57. The van der Waals surface area contributed by atoms with Gasteiger partial charge in [0.05, 0.1) is 12.3 Å². The summed E-state index contributed by atoms with van der Waals surface area (Å²) in [6, 6.07) is 0.270. The Labute approximate surface area is 115 Å². The van der Waals surface area contributed by atoms with Gasteiger partial charge in [-0.25, -0.2) is 4.98 Å². The molecule has 0 spiro atoms. The smallest absolute Gasteiger partial charge is 0.203 e. The van der Waals surface area contributed by atoms with E-state index in [2.05, 4.69) is 41.2 Å². The highest BCUT2D eigenvalue weighted by Crippen LogP contribution is 2.14. The van der Waals surface area contributed by atoms with Crippen LogP contribution in [-0.4, -0.2) is 41.3 Å². The van der Waals surface area contributed by atoms with Crippen molar-refractivity contribution in [2.75, 3.05) is 31.0 Å². The lowest BCUT2D eigenvalue weighted by molar-refractivity contribution is 0.190. The molecule has 1 aromatic rings. The molecule has 0 saturated heterocycles. The van der Waals surface area contributed by atoms with E-state index in [1.54, 1.807) is 7.11 Å². The van der Waals surface area contributed by atoms with Crippen LogP contribution in [0.25, 0.3) is 0 Å². The second kappa shape index (κ2) is 7.69. The van der Waals surface area contributed by atoms with Crippen LogP contribution in [0.2, 0.25) is 0 Å². The zero-order valence-corrected chi connectivity index (χ0v) is 12.9. The van der Waals surface area contributed by atoms with Gasteiger partial charge in [-0.3, -0.25) is 0 Å². The van der Waals surface area contributed by atoms with E-state index in [1.165, 1.54) is 5.75 Å². The average molecular weight is 271 g/mol. The summed E-state index contributed by atoms with van der Waals surface area (Å²) in [5.74, 6) is 2.77. The lowest BCUT2D eigenvalue weighted by Crippen LogP contribution is -2.24. The Balaban J connectivity index is 2.66. The molecule has 1 heterocycles. The first kappa shape index (κ1) is 15.4. The molecular weight excluding hydrogens is 246 g/mol. The van der Waals surface area contributed by atoms with Gasteiger partial charge in [0.25, 0.3) is 0 Å². The molecule has 104 valence electrons. The number of anilines is 1. The monoisotopic (exact) mass is 271 g/mol. The minimum absolute atomic E-state index is 0.270. The van der Waals surface area contributed by atoms with Crippen LogP contribution in [0.5, 0.6) is 0 Å². The summed E-state index contributed by atoms with van der Waals surface area (Å²) in [4.78, 5) is 4.54. The standard InChI is InChI=1S/C13H25N3OS/c1-10(9-18-5)6-16-7-11(2)14-13(16)15-12(3)8-17-4/h7,10,12H,6,8-9H2,1-5H3,(H,14,15). The Morgan fingerprint density at radius 2 is 2.22 bits per heavy atom. The van der Waals surface area contributed by atoms with Gasteiger partial charge in [0, 0.05) is 25.9 Å². The van der Waals surface area contributed by atoms with Crippen molar-refractivity contribution in [2.45, 2.75) is 33.4 Å². The average Bonchev–Trinajstić information content (AvgIpc) is 2.59. The molecule has 2 atom stereocenters. The van der Waals surface area contributed by atoms with Crippen molar-refractivity contribution in [1.82, 2.24) is 9.55 Å². The second-order valence-electron chi connectivity index (χ2n) is 4.92. The Bertz CT molecular complexity index is 323. The van der Waals surface area contributed by atoms with Gasteiger partial charge in [-0.1, -0.05) is 6.92 Å². The molecule has 0 saturated carbocycles. The van der Waals surface area contributed by atoms with Crippen molar-refractivity contribution >= 4 is 17.7 Å². The highest BCUT2D eigenvalue weighted by molar-refractivity contribution is 7.98. The summed E-state index contributed by atoms with van der Waals surface area (Å²) < 4.78 is 7.35. The molecule has 0 aromatic carbocycles. The zero-order chi connectivity index (χ0) is 13.5. The molecule has 0 bridgehead atoms. The number of hydrogen-bond donors (Lipinski definition) is 1. The van der Waals surface area contributed by atoms with Gasteiger partial charge in [0.2, 0.25) is 5.95 Å². The summed E-state index contributed by atoms with van der Waals surface area (Å²) >= 11 is 1.89. The maximum atomic E-state index is 5.14. The van der Waals surface area contributed by atoms with Crippen LogP contribution in [0.3, 0.4) is 0 Å². The van der Waals surface area contributed by atoms with Crippen molar-refractivity contribution < 1.29 is 4.74 Å². The summed E-state index contributed by atoms with van der Waals surface area (Å²) in [7, 11) is 1.72. The molecule has 4 nitrogen and oxygen atoms in total. The summed E-state index contributed by atoms with van der Waals surface area (Å²) in [5, 5.41) is 3.40. The van der Waals surface area contributed by atoms with Crippen molar-refractivity contribution in [3.8, 4) is 0 Å². The minimum atomic E-state index is 0.270. The minimum Gasteiger partial charge on any atom is -0.383 e. The Hall–Kier alpha value is -0.680. The van der Waals surface area contributed by atoms with E-state index in [4.69, 9.17) is 4.74 Å². The van der Waals surface area contributed by atoms with E-state index in [9.17, 15) is 0 Å². The predicted molar refractivity (Wildman–Crippen MR) is 79.5 cm³/mol. The van der Waals surface area contributed by atoms with Crippen LogP contribution < -0.4 is 5.32 Å². The third kappa shape index (κ3) is 4.90. The van der Waals surface area contributed by atoms with Crippen LogP contribution in [0, 0.1) is 12.8 Å². The number of ether oxygens (including phenoxy) is 1. The highest BCUT2D eigenvalue weighted by atomic mass is 32.2. The number of nitrogens with one attached hydrogen (secondary N) is 1. The summed E-state index contributed by atoms with van der Waals surface area (Å²) in [6.45, 7) is 8.09. The fraction of sp³-hybridized carbons (Fsp3) is 0.769. The normalized spacial score (nSPS) is 14.5. The number of aromatic nitrogens is 2. The topological polar surface area (TPSA) is 39.1 Å². The van der Waals surface area contributed by atoms with E-state index >= 15 is 0 Å². The largest absolute Gasteiger partial charge is 0.383 e. The van der Waals surface area contributed by atoms with Gasteiger partial charge in [-0.2, -0.15) is 11.8 Å². The van der Waals surface area contributed by atoms with Crippen LogP contribution in [0.15, 0.2) is 6.20 Å². The van der Waals surface area contributed by atoms with E-state index < -0.39 is 0 Å². The summed E-state index contributed by atoms with van der Waals surface area (Å²) in [5.41, 5.74) is 1.05. The zero-order valence-electron chi connectivity index (χ0n) is 12.1. The lowest BCUT2D eigenvalue weighted by Gasteiger charge is -2.17. The molecule has 1 aromatic heterocycles. The molecule has 1 rings (SSSR count). The first-order valence-electron chi connectivity index (χ1n) is 6.35. The first-order chi connectivity index (χ1) is 8.56. The highest BCUT2D eigenvalue weighted by Gasteiger charge is 2.11. The van der Waals surface area contributed by atoms with Gasteiger partial charge in [-0.05, 0) is 31.8 Å². The Morgan fingerprint density at radius 3 is 2.83 bits per heavy atom. The molecule has 0 aliphatic rings. The molecule has 0 aliphatic carbocycles. The van der Waals surface area contributed by atoms with Crippen LogP contribution in [0.1, 0.15) is 19.5 Å². The van der Waals surface area contributed by atoms with Crippen LogP contribution >= 0.6 is 11.8 Å². The van der Waals surface area contributed by atoms with E-state index in [-0.39, 0.29) is 6.04 Å². The second-order valence-corrected chi connectivity index (χ2v) is 5.83. The third-order valence-electron chi connectivity index (χ3n) is 2.65. The number of imidazole rings is 1. The van der Waals surface area contributed by atoms with E-state index in [0.29, 0.717) is 12.5 Å². The van der Waals surface area contributed by atoms with Crippen molar-refractivity contribution in [3.63, 3.8) is 0 Å². The van der Waals surface area contributed by atoms with Crippen molar-refractivity contribution in [1.29, 1.82) is 0 Å². The first-order valence-corrected chi connectivity index (χ1v) is 7.74. The molecule has 0 fully saturated rings. The molecule has 2 unspecified atom stereocenters. The molecule has 18 heavy (non-hydrogen) atoms. The molecule has 5 heteroatoms. The van der Waals surface area contributed by atoms with Gasteiger partial charge in [0.15, 0.2) is 0 Å². The Morgan fingerprint density at radius 1 is 1.50 bits per heavy atom. The number of thioether (sulfide) groups is 1. The lowest BCUT2D eigenvalue weighted by atomic mass is 10.2. The van der Waals surface area contributed by atoms with Crippen LogP contribution in [-0.2, 0) is 11.3 Å². The fourth-order valence-corrected chi connectivity index (χ4v) is 2.66. The number of hydrogen-bond acceptors (Lipinski definition) is 4. The van der Waals surface area contributed by atoms with Crippen molar-refractivity contribution in [2.24, 2.45) is 5.92 Å². The maximum Gasteiger partial charge on any atom is 0.203 e. The van der Waals surface area contributed by atoms with Gasteiger partial charge in [0.1, 0.15) is 0 Å². The third-order valence-corrected chi connectivity index (χ3v) is 3.55. The molecule has 0 amide bonds. The maximum absolute atomic E-state index is 5.14. The molecule has 1 N–H and O–H groups in total. The van der Waals surface area contributed by atoms with E-state index in [1.807, 2.05) is 18.7 Å². The van der Waals surface area contributed by atoms with Gasteiger partial charge < -0.3 is 14.6 Å². The number of aryl methyl sites for hydroxylation is 1. The fourth-order valence-electron chi connectivity index (χ4n) is 1.99. The number of rotatable bonds is 8. The summed E-state index contributed by atoms with van der Waals surface area (Å²) in [6.07, 6.45) is 4.26. The van der Waals surface area contributed by atoms with Crippen molar-refractivity contribution in [3.05, 3.63) is 11.9 Å². The van der Waals surface area contributed by atoms with Gasteiger partial charge in [-0.15, -0.1) is 0 Å². The number of methoxy groups -OCH3 is 1.